The van der Waals surface area contributed by atoms with E-state index in [0.717, 1.165) is 12.8 Å². The zero-order valence-electron chi connectivity index (χ0n) is 46.2. The van der Waals surface area contributed by atoms with Crippen molar-refractivity contribution in [3.05, 3.63) is 251 Å². The third kappa shape index (κ3) is 7.26. The Morgan fingerprint density at radius 3 is 1.00 bits per heavy atom. The normalized spacial score (nSPS) is 13.2. The third-order valence-electron chi connectivity index (χ3n) is 18.9. The smallest absolute Gasteiger partial charge is 0.0654 e. The second-order valence-electron chi connectivity index (χ2n) is 23.4. The summed E-state index contributed by atoms with van der Waals surface area (Å²) in [4.78, 5) is 0. The van der Waals surface area contributed by atoms with E-state index in [2.05, 4.69) is 234 Å². The summed E-state index contributed by atoms with van der Waals surface area (Å²) >= 11 is 0. The maximum absolute atomic E-state index is 2.60. The van der Waals surface area contributed by atoms with Crippen molar-refractivity contribution < 1.29 is 0 Å². The first kappa shape index (κ1) is 47.9. The van der Waals surface area contributed by atoms with Crippen LogP contribution in [-0.4, -0.2) is 0 Å². The molecule has 0 nitrogen and oxygen atoms in total. The van der Waals surface area contributed by atoms with E-state index < -0.39 is 5.41 Å². The van der Waals surface area contributed by atoms with Crippen molar-refractivity contribution in [3.8, 4) is 33.4 Å². The van der Waals surface area contributed by atoms with Crippen LogP contribution in [0, 0.1) is 13.8 Å². The molecule has 1 aliphatic carbocycles. The maximum atomic E-state index is 2.60. The Kier molecular flexibility index (Phi) is 11.5. The van der Waals surface area contributed by atoms with E-state index in [-0.39, 0.29) is 0 Å². The van der Waals surface area contributed by atoms with Gasteiger partial charge in [-0.05, 0) is 216 Å². The van der Waals surface area contributed by atoms with Crippen molar-refractivity contribution in [2.24, 2.45) is 0 Å². The summed E-state index contributed by atoms with van der Waals surface area (Å²) in [6.45, 7) is 9.10. The molecule has 14 aromatic rings. The third-order valence-corrected chi connectivity index (χ3v) is 18.9. The Morgan fingerprint density at radius 1 is 0.278 bits per heavy atom. The van der Waals surface area contributed by atoms with Crippen molar-refractivity contribution in [1.82, 2.24) is 0 Å². The molecule has 382 valence electrons. The Hall–Kier alpha value is -8.32. The highest BCUT2D eigenvalue weighted by molar-refractivity contribution is 6.36. The van der Waals surface area contributed by atoms with Gasteiger partial charge in [0.1, 0.15) is 0 Å². The molecule has 0 saturated heterocycles. The summed E-state index contributed by atoms with van der Waals surface area (Å²) in [7, 11) is 0. The lowest BCUT2D eigenvalue weighted by molar-refractivity contribution is 0.666. The van der Waals surface area contributed by atoms with Crippen LogP contribution in [0.4, 0.5) is 0 Å². The molecular weight excluding hydrogens is 949 g/mol. The minimum atomic E-state index is -0.601. The zero-order chi connectivity index (χ0) is 52.9. The molecule has 0 unspecified atom stereocenters. The average molecular weight is 1020 g/mol. The molecule has 0 atom stereocenters. The molecule has 0 amide bonds. The molecule has 0 bridgehead atoms. The van der Waals surface area contributed by atoms with Gasteiger partial charge in [-0.15, -0.1) is 0 Å². The van der Waals surface area contributed by atoms with Gasteiger partial charge in [0.15, 0.2) is 0 Å². The van der Waals surface area contributed by atoms with Crippen LogP contribution >= 0.6 is 0 Å². The van der Waals surface area contributed by atoms with E-state index >= 15 is 0 Å². The predicted molar refractivity (Wildman–Crippen MR) is 342 cm³/mol. The van der Waals surface area contributed by atoms with Gasteiger partial charge < -0.3 is 0 Å². The van der Waals surface area contributed by atoms with Crippen molar-refractivity contribution in [1.29, 1.82) is 0 Å². The first-order chi connectivity index (χ1) is 38.9. The molecule has 0 N–H and O–H groups in total. The van der Waals surface area contributed by atoms with E-state index in [1.165, 1.54) is 215 Å². The van der Waals surface area contributed by atoms with Gasteiger partial charge in [0, 0.05) is 0 Å². The highest BCUT2D eigenvalue weighted by Gasteiger charge is 2.47. The lowest BCUT2D eigenvalue weighted by Crippen LogP contribution is -2.28. The fourth-order valence-corrected chi connectivity index (χ4v) is 15.0. The Morgan fingerprint density at radius 2 is 0.608 bits per heavy atom. The summed E-state index contributed by atoms with van der Waals surface area (Å²) in [6, 6.07) is 81.5. The minimum absolute atomic E-state index is 0.601. The molecule has 14 aromatic carbocycles. The SMILES string of the molecule is CCCCCCc1ccc(C2(c3ccc(CCCCCC)cc3)c3cc(-c4ccc5c6cccc7c(C)ccc(c8cccc4c85)c76)ccc3-c3ccc(-c4ccc5c6cccc7c(C)ccc(c8cccc4c85)c76)cc32)cc1. The van der Waals surface area contributed by atoms with Crippen LogP contribution in [0.2, 0.25) is 0 Å². The van der Waals surface area contributed by atoms with E-state index in [1.54, 1.807) is 0 Å². The van der Waals surface area contributed by atoms with Crippen molar-refractivity contribution >= 4 is 86.2 Å². The molecule has 0 heteroatoms. The quantitative estimate of drug-likeness (QED) is 0.0578. The van der Waals surface area contributed by atoms with Gasteiger partial charge in [0.2, 0.25) is 0 Å². The summed E-state index contributed by atoms with van der Waals surface area (Å²) in [6.07, 6.45) is 12.3. The van der Waals surface area contributed by atoms with Crippen LogP contribution < -0.4 is 0 Å². The van der Waals surface area contributed by atoms with Gasteiger partial charge in [-0.3, -0.25) is 0 Å². The number of hydrogen-bond donors (Lipinski definition) is 0. The van der Waals surface area contributed by atoms with E-state index in [1.807, 2.05) is 0 Å². The van der Waals surface area contributed by atoms with Crippen LogP contribution in [0.15, 0.2) is 206 Å². The van der Waals surface area contributed by atoms with E-state index in [0.29, 0.717) is 0 Å². The molecular formula is C79H66. The van der Waals surface area contributed by atoms with Crippen LogP contribution in [-0.2, 0) is 18.3 Å². The maximum Gasteiger partial charge on any atom is 0.0714 e. The lowest BCUT2D eigenvalue weighted by atomic mass is 9.66. The molecule has 1 aliphatic rings. The monoisotopic (exact) mass is 1010 g/mol. The summed E-state index contributed by atoms with van der Waals surface area (Å²) in [5.41, 5.74) is 17.9. The molecule has 79 heavy (non-hydrogen) atoms. The van der Waals surface area contributed by atoms with Crippen molar-refractivity contribution in [3.63, 3.8) is 0 Å². The van der Waals surface area contributed by atoms with Crippen molar-refractivity contribution in [2.45, 2.75) is 97.3 Å². The second-order valence-corrected chi connectivity index (χ2v) is 23.4. The summed E-state index contributed by atoms with van der Waals surface area (Å²) in [5, 5.41) is 21.4. The molecule has 0 spiro atoms. The Balaban J connectivity index is 0.971. The highest BCUT2D eigenvalue weighted by atomic mass is 14.5. The molecule has 0 aliphatic heterocycles. The fraction of sp³-hybridized carbons (Fsp3) is 0.190. The predicted octanol–water partition coefficient (Wildman–Crippen LogP) is 22.3. The summed E-state index contributed by atoms with van der Waals surface area (Å²) in [5.74, 6) is 0. The number of aryl methyl sites for hydroxylation is 4. The van der Waals surface area contributed by atoms with Gasteiger partial charge in [-0.1, -0.05) is 246 Å². The number of rotatable bonds is 14. The lowest BCUT2D eigenvalue weighted by Gasteiger charge is -2.35. The number of fused-ring (bicyclic) bond motifs is 7. The molecule has 15 rings (SSSR count). The van der Waals surface area contributed by atoms with E-state index in [9.17, 15) is 0 Å². The topological polar surface area (TPSA) is 0 Å². The molecule has 0 heterocycles. The molecule has 0 aromatic heterocycles. The fourth-order valence-electron chi connectivity index (χ4n) is 15.0. The van der Waals surface area contributed by atoms with Crippen LogP contribution in [0.3, 0.4) is 0 Å². The first-order valence-corrected chi connectivity index (χ1v) is 29.6. The number of unbranched alkanes of at least 4 members (excludes halogenated alkanes) is 6. The van der Waals surface area contributed by atoms with Gasteiger partial charge in [0.25, 0.3) is 0 Å². The second kappa shape index (κ2) is 19.0. The molecule has 0 saturated carbocycles. The molecule has 0 radical (unpaired) electrons. The number of hydrogen-bond acceptors (Lipinski definition) is 0. The summed E-state index contributed by atoms with van der Waals surface area (Å²) < 4.78 is 0. The van der Waals surface area contributed by atoms with Crippen LogP contribution in [0.5, 0.6) is 0 Å². The first-order valence-electron chi connectivity index (χ1n) is 29.6. The van der Waals surface area contributed by atoms with Crippen LogP contribution in [0.1, 0.15) is 110 Å². The zero-order valence-corrected chi connectivity index (χ0v) is 46.2. The van der Waals surface area contributed by atoms with E-state index in [4.69, 9.17) is 0 Å². The van der Waals surface area contributed by atoms with Gasteiger partial charge in [-0.2, -0.15) is 0 Å². The van der Waals surface area contributed by atoms with Gasteiger partial charge in [-0.25, -0.2) is 0 Å². The number of benzene rings is 14. The standard InChI is InChI=1S/C79H66/c1-5-7-9-11-17-51-29-35-55(36-30-51)79(56-37-31-52(32-38-56)18-12-10-8-6-2)73-47-53(59-43-45-71-65-23-13-19-57-49(3)27-39-69(75(57)65)67-25-15-21-63(59)77(67)71)33-41-61(73)62-42-34-54(48-74(62)79)60-44-46-72-66-24-14-20-58-50(4)28-40-70(76(58)66)68-26-16-22-64(60)78(68)72/h13-16,19-48H,5-12,17-18H2,1-4H3. The average Bonchev–Trinajstić information content (AvgIpc) is 3.69. The van der Waals surface area contributed by atoms with Gasteiger partial charge >= 0.3 is 0 Å². The Labute approximate surface area is 465 Å². The van der Waals surface area contributed by atoms with Gasteiger partial charge in [0.05, 0.1) is 5.41 Å². The minimum Gasteiger partial charge on any atom is -0.0654 e. The highest BCUT2D eigenvalue weighted by Crippen LogP contribution is 2.58. The van der Waals surface area contributed by atoms with Crippen LogP contribution in [0.25, 0.3) is 120 Å². The largest absolute Gasteiger partial charge is 0.0714 e. The van der Waals surface area contributed by atoms with Crippen molar-refractivity contribution in [2.75, 3.05) is 0 Å². The Bertz CT molecular complexity index is 4340. The molecule has 0 fully saturated rings.